The maximum atomic E-state index is 12.0. The lowest BCUT2D eigenvalue weighted by atomic mass is 9.97. The van der Waals surface area contributed by atoms with E-state index in [1.54, 1.807) is 12.1 Å². The third-order valence-electron chi connectivity index (χ3n) is 3.30. The smallest absolute Gasteiger partial charge is 0.336 e. The average Bonchev–Trinajstić information content (AvgIpc) is 2.44. The molecule has 1 rings (SSSR count). The summed E-state index contributed by atoms with van der Waals surface area (Å²) in [5.74, 6) is -1.63. The second-order valence-electron chi connectivity index (χ2n) is 4.46. The molecule has 0 saturated carbocycles. The Morgan fingerprint density at radius 3 is 2.16 bits per heavy atom. The van der Waals surface area contributed by atoms with Crippen LogP contribution in [0.1, 0.15) is 47.4 Å². The van der Waals surface area contributed by atoms with Crippen molar-refractivity contribution in [2.45, 2.75) is 32.3 Å². The Hall–Kier alpha value is -1.88. The summed E-state index contributed by atoms with van der Waals surface area (Å²) >= 11 is 0. The van der Waals surface area contributed by atoms with E-state index >= 15 is 0 Å². The molecule has 0 bridgehead atoms. The molecule has 1 aromatic rings. The Morgan fingerprint density at radius 1 is 1.16 bits per heavy atom. The maximum absolute atomic E-state index is 12.0. The summed E-state index contributed by atoms with van der Waals surface area (Å²) in [6.07, 6.45) is 1.04. The fraction of sp³-hybridized carbons (Fsp3) is 0.429. The van der Waals surface area contributed by atoms with Crippen LogP contribution in [0.3, 0.4) is 0 Å². The summed E-state index contributed by atoms with van der Waals surface area (Å²) in [7, 11) is 0. The number of carbonyl (C=O) groups is 2. The molecular formula is C14H19NO4. The van der Waals surface area contributed by atoms with Crippen LogP contribution >= 0.6 is 0 Å². The molecule has 1 amide bonds. The van der Waals surface area contributed by atoms with Gasteiger partial charge in [0, 0.05) is 6.54 Å². The lowest BCUT2D eigenvalue weighted by Crippen LogP contribution is -2.42. The van der Waals surface area contributed by atoms with E-state index in [0.717, 1.165) is 0 Å². The molecule has 5 heteroatoms. The van der Waals surface area contributed by atoms with Crippen LogP contribution in [0, 0.1) is 0 Å². The fourth-order valence-corrected chi connectivity index (χ4v) is 1.71. The molecule has 0 fully saturated rings. The van der Waals surface area contributed by atoms with Gasteiger partial charge in [-0.3, -0.25) is 4.79 Å². The number of nitrogens with one attached hydrogen (secondary N) is 1. The highest BCUT2D eigenvalue weighted by molar-refractivity contribution is 6.04. The largest absolute Gasteiger partial charge is 0.478 e. The lowest BCUT2D eigenvalue weighted by molar-refractivity contribution is 0.0314. The second kappa shape index (κ2) is 6.33. The second-order valence-corrected chi connectivity index (χ2v) is 4.46. The first-order valence-corrected chi connectivity index (χ1v) is 6.26. The molecule has 3 N–H and O–H groups in total. The molecule has 0 aliphatic carbocycles. The summed E-state index contributed by atoms with van der Waals surface area (Å²) in [5.41, 5.74) is -0.894. The van der Waals surface area contributed by atoms with Crippen molar-refractivity contribution in [1.82, 2.24) is 5.32 Å². The van der Waals surface area contributed by atoms with Crippen molar-refractivity contribution < 1.29 is 19.8 Å². The van der Waals surface area contributed by atoms with Crippen LogP contribution in [-0.2, 0) is 0 Å². The molecule has 1 aromatic carbocycles. The lowest BCUT2D eigenvalue weighted by Gasteiger charge is -2.25. The van der Waals surface area contributed by atoms with Gasteiger partial charge in [-0.15, -0.1) is 0 Å². The van der Waals surface area contributed by atoms with Gasteiger partial charge < -0.3 is 15.5 Å². The number of hydrogen-bond acceptors (Lipinski definition) is 3. The minimum absolute atomic E-state index is 0.0449. The zero-order valence-corrected chi connectivity index (χ0v) is 11.1. The van der Waals surface area contributed by atoms with Crippen LogP contribution in [0.4, 0.5) is 0 Å². The van der Waals surface area contributed by atoms with Crippen LogP contribution < -0.4 is 5.32 Å². The fourth-order valence-electron chi connectivity index (χ4n) is 1.71. The summed E-state index contributed by atoms with van der Waals surface area (Å²) in [6, 6.07) is 6.00. The average molecular weight is 265 g/mol. The van der Waals surface area contributed by atoms with Gasteiger partial charge in [-0.2, -0.15) is 0 Å². The van der Waals surface area contributed by atoms with E-state index in [-0.39, 0.29) is 17.7 Å². The molecule has 0 radical (unpaired) electrons. The number of carbonyl (C=O) groups excluding carboxylic acids is 1. The molecule has 104 valence electrons. The van der Waals surface area contributed by atoms with Crippen molar-refractivity contribution in [3.8, 4) is 0 Å². The maximum Gasteiger partial charge on any atom is 0.336 e. The molecule has 5 nitrogen and oxygen atoms in total. The highest BCUT2D eigenvalue weighted by Crippen LogP contribution is 2.14. The highest BCUT2D eigenvalue weighted by Gasteiger charge is 2.24. The quantitative estimate of drug-likeness (QED) is 0.730. The molecule has 0 heterocycles. The van der Waals surface area contributed by atoms with Crippen molar-refractivity contribution in [1.29, 1.82) is 0 Å². The number of hydrogen-bond donors (Lipinski definition) is 3. The van der Waals surface area contributed by atoms with Crippen LogP contribution in [0.15, 0.2) is 24.3 Å². The van der Waals surface area contributed by atoms with Gasteiger partial charge in [0.1, 0.15) is 0 Å². The van der Waals surface area contributed by atoms with Crippen molar-refractivity contribution in [3.05, 3.63) is 35.4 Å². The molecule has 0 aliphatic heterocycles. The van der Waals surface area contributed by atoms with E-state index in [1.165, 1.54) is 12.1 Å². The Morgan fingerprint density at radius 2 is 1.68 bits per heavy atom. The summed E-state index contributed by atoms with van der Waals surface area (Å²) in [6.45, 7) is 3.77. The molecule has 0 spiro atoms. The first-order valence-electron chi connectivity index (χ1n) is 6.26. The Bertz CT molecular complexity index is 466. The van der Waals surface area contributed by atoms with Crippen LogP contribution in [0.2, 0.25) is 0 Å². The molecule has 19 heavy (non-hydrogen) atoms. The van der Waals surface area contributed by atoms with Crippen molar-refractivity contribution >= 4 is 11.9 Å². The predicted octanol–water partition coefficient (Wildman–Crippen LogP) is 1.67. The van der Waals surface area contributed by atoms with Gasteiger partial charge in [0.15, 0.2) is 0 Å². The van der Waals surface area contributed by atoms with E-state index in [2.05, 4.69) is 5.32 Å². The first-order chi connectivity index (χ1) is 8.93. The standard InChI is InChI=1S/C14H19NO4/c1-3-14(19,4-2)9-15-12(16)10-7-5-6-8-11(10)13(17)18/h5-8,19H,3-4,9H2,1-2H3,(H,15,16)(H,17,18). The van der Waals surface area contributed by atoms with Crippen molar-refractivity contribution in [2.24, 2.45) is 0 Å². The molecule has 0 atom stereocenters. The predicted molar refractivity (Wildman–Crippen MR) is 71.3 cm³/mol. The number of amides is 1. The van der Waals surface area contributed by atoms with Gasteiger partial charge in [0.2, 0.25) is 0 Å². The van der Waals surface area contributed by atoms with Gasteiger partial charge in [-0.25, -0.2) is 4.79 Å². The molecule has 0 unspecified atom stereocenters. The van der Waals surface area contributed by atoms with Crippen LogP contribution in [-0.4, -0.2) is 34.2 Å². The van der Waals surface area contributed by atoms with E-state index < -0.39 is 17.5 Å². The van der Waals surface area contributed by atoms with Crippen LogP contribution in [0.5, 0.6) is 0 Å². The molecule has 0 saturated heterocycles. The van der Waals surface area contributed by atoms with Gasteiger partial charge in [-0.05, 0) is 25.0 Å². The normalized spacial score (nSPS) is 11.1. The van der Waals surface area contributed by atoms with Gasteiger partial charge >= 0.3 is 5.97 Å². The summed E-state index contributed by atoms with van der Waals surface area (Å²) in [4.78, 5) is 23.0. The third-order valence-corrected chi connectivity index (χ3v) is 3.30. The SMILES string of the molecule is CCC(O)(CC)CNC(=O)c1ccccc1C(=O)O. The minimum atomic E-state index is -1.15. The zero-order valence-electron chi connectivity index (χ0n) is 11.1. The third kappa shape index (κ3) is 3.79. The van der Waals surface area contributed by atoms with E-state index in [4.69, 9.17) is 5.11 Å². The van der Waals surface area contributed by atoms with E-state index in [9.17, 15) is 14.7 Å². The first kappa shape index (κ1) is 15.2. The van der Waals surface area contributed by atoms with Gasteiger partial charge in [0.05, 0.1) is 16.7 Å². The van der Waals surface area contributed by atoms with Crippen molar-refractivity contribution in [3.63, 3.8) is 0 Å². The number of aliphatic hydroxyl groups is 1. The van der Waals surface area contributed by atoms with Crippen molar-refractivity contribution in [2.75, 3.05) is 6.54 Å². The molecule has 0 aromatic heterocycles. The van der Waals surface area contributed by atoms with E-state index in [1.807, 2.05) is 13.8 Å². The highest BCUT2D eigenvalue weighted by atomic mass is 16.4. The van der Waals surface area contributed by atoms with Crippen LogP contribution in [0.25, 0.3) is 0 Å². The summed E-state index contributed by atoms with van der Waals surface area (Å²) in [5, 5.41) is 21.7. The van der Waals surface area contributed by atoms with E-state index in [0.29, 0.717) is 12.8 Å². The Labute approximate surface area is 112 Å². The number of benzene rings is 1. The minimum Gasteiger partial charge on any atom is -0.478 e. The van der Waals surface area contributed by atoms with Gasteiger partial charge in [-0.1, -0.05) is 26.0 Å². The Kier molecular flexibility index (Phi) is 5.06. The zero-order chi connectivity index (χ0) is 14.5. The summed E-state index contributed by atoms with van der Waals surface area (Å²) < 4.78 is 0. The Balaban J connectivity index is 2.82. The number of rotatable bonds is 6. The number of carboxylic acids is 1. The molecular weight excluding hydrogens is 246 g/mol. The topological polar surface area (TPSA) is 86.6 Å². The number of carboxylic acid groups (broad SMARTS) is 1. The number of aromatic carboxylic acids is 1. The van der Waals surface area contributed by atoms with Gasteiger partial charge in [0.25, 0.3) is 5.91 Å². The monoisotopic (exact) mass is 265 g/mol. The molecule has 0 aliphatic rings.